The highest BCUT2D eigenvalue weighted by atomic mass is 32.1. The number of carbonyl (C=O) groups is 1. The maximum atomic E-state index is 14.2. The van der Waals surface area contributed by atoms with Crippen molar-refractivity contribution in [2.75, 3.05) is 13.7 Å². The van der Waals surface area contributed by atoms with Crippen LogP contribution in [-0.2, 0) is 9.53 Å². The van der Waals surface area contributed by atoms with Gasteiger partial charge < -0.3 is 14.6 Å². The number of aromatic nitrogens is 1. The molecule has 0 saturated carbocycles. The predicted octanol–water partition coefficient (Wildman–Crippen LogP) is 4.82. The van der Waals surface area contributed by atoms with Gasteiger partial charge in [-0.3, -0.25) is 9.36 Å². The van der Waals surface area contributed by atoms with E-state index in [1.165, 1.54) is 11.3 Å². The molecule has 200 valence electrons. The highest BCUT2D eigenvalue weighted by Crippen LogP contribution is 2.40. The lowest BCUT2D eigenvalue weighted by molar-refractivity contribution is -0.139. The van der Waals surface area contributed by atoms with E-state index >= 15 is 0 Å². The largest absolute Gasteiger partial charge is 0.507 e. The average molecular weight is 551 g/mol. The number of esters is 1. The van der Waals surface area contributed by atoms with Gasteiger partial charge in [0.15, 0.2) is 4.80 Å². The van der Waals surface area contributed by atoms with E-state index < -0.39 is 12.0 Å². The molecule has 0 unspecified atom stereocenters. The van der Waals surface area contributed by atoms with Crippen LogP contribution in [0.3, 0.4) is 0 Å². The Morgan fingerprint density at radius 1 is 1.02 bits per heavy atom. The summed E-state index contributed by atoms with van der Waals surface area (Å²) >= 11 is 1.21. The average Bonchev–Trinajstić information content (AvgIpc) is 3.27. The van der Waals surface area contributed by atoms with Crippen LogP contribution >= 0.6 is 11.3 Å². The zero-order valence-electron chi connectivity index (χ0n) is 22.2. The standard InChI is InChI=1S/C32H26N2O5S/c1-4-39-31(37)27-18(2)33-32-34(29(27)28-22-12-8-6-10-20(22)14-16-25(28)38-3)30(36)26(40-32)17-23-21-11-7-5-9-19(21)13-15-24(23)35/h5-17,29,35H,4H2,1-3H3/b26-17-/t29-/m1/s1. The molecule has 1 atom stereocenters. The van der Waals surface area contributed by atoms with E-state index in [9.17, 15) is 14.7 Å². The van der Waals surface area contributed by atoms with Crippen LogP contribution in [0, 0.1) is 0 Å². The van der Waals surface area contributed by atoms with Crippen molar-refractivity contribution in [3.05, 3.63) is 115 Å². The number of hydrogen-bond acceptors (Lipinski definition) is 7. The molecule has 0 aliphatic carbocycles. The van der Waals surface area contributed by atoms with Crippen LogP contribution in [0.1, 0.15) is 31.0 Å². The minimum Gasteiger partial charge on any atom is -0.507 e. The Bertz CT molecular complexity index is 2040. The Balaban J connectivity index is 1.69. The van der Waals surface area contributed by atoms with Gasteiger partial charge in [-0.25, -0.2) is 9.79 Å². The number of benzene rings is 4. The van der Waals surface area contributed by atoms with Crippen LogP contribution in [-0.4, -0.2) is 29.4 Å². The number of phenolic OH excluding ortho intramolecular Hbond substituents is 1. The van der Waals surface area contributed by atoms with E-state index in [1.807, 2.05) is 66.7 Å². The maximum Gasteiger partial charge on any atom is 0.338 e. The number of allylic oxidation sites excluding steroid dienone is 1. The number of phenols is 1. The van der Waals surface area contributed by atoms with Crippen LogP contribution in [0.4, 0.5) is 0 Å². The molecule has 0 spiro atoms. The number of ether oxygens (including phenoxy) is 2. The van der Waals surface area contributed by atoms with Crippen molar-refractivity contribution in [1.82, 2.24) is 4.57 Å². The Morgan fingerprint density at radius 3 is 2.42 bits per heavy atom. The van der Waals surface area contributed by atoms with Crippen molar-refractivity contribution >= 4 is 44.9 Å². The van der Waals surface area contributed by atoms with Crippen LogP contribution in [0.15, 0.2) is 93.9 Å². The summed E-state index contributed by atoms with van der Waals surface area (Å²) in [5.74, 6) is 0.0754. The van der Waals surface area contributed by atoms with E-state index in [0.29, 0.717) is 31.9 Å². The van der Waals surface area contributed by atoms with Gasteiger partial charge in [0.1, 0.15) is 17.5 Å². The molecule has 5 aromatic rings. The van der Waals surface area contributed by atoms with Gasteiger partial charge >= 0.3 is 5.97 Å². The third-order valence-corrected chi connectivity index (χ3v) is 8.15. The molecule has 1 aromatic heterocycles. The Hall–Kier alpha value is -4.69. The van der Waals surface area contributed by atoms with Crippen molar-refractivity contribution in [2.24, 2.45) is 4.99 Å². The molecule has 0 radical (unpaired) electrons. The fourth-order valence-electron chi connectivity index (χ4n) is 5.37. The van der Waals surface area contributed by atoms with Crippen molar-refractivity contribution < 1.29 is 19.4 Å². The lowest BCUT2D eigenvalue weighted by Gasteiger charge is -2.27. The van der Waals surface area contributed by atoms with Gasteiger partial charge in [0.05, 0.1) is 29.5 Å². The van der Waals surface area contributed by atoms with Gasteiger partial charge in [-0.05, 0) is 53.6 Å². The lowest BCUT2D eigenvalue weighted by atomic mass is 9.90. The van der Waals surface area contributed by atoms with Gasteiger partial charge in [0.2, 0.25) is 0 Å². The second kappa shape index (κ2) is 10.1. The van der Waals surface area contributed by atoms with Crippen molar-refractivity contribution in [2.45, 2.75) is 19.9 Å². The smallest absolute Gasteiger partial charge is 0.338 e. The third-order valence-electron chi connectivity index (χ3n) is 7.16. The van der Waals surface area contributed by atoms with Gasteiger partial charge in [0, 0.05) is 11.1 Å². The Morgan fingerprint density at radius 2 is 1.70 bits per heavy atom. The van der Waals surface area contributed by atoms with Gasteiger partial charge in [-0.15, -0.1) is 0 Å². The fraction of sp³-hybridized carbons (Fsp3) is 0.156. The molecule has 0 bridgehead atoms. The summed E-state index contributed by atoms with van der Waals surface area (Å²) in [4.78, 5) is 32.7. The molecule has 0 saturated heterocycles. The second-order valence-corrected chi connectivity index (χ2v) is 10.4. The summed E-state index contributed by atoms with van der Waals surface area (Å²) in [7, 11) is 1.57. The molecule has 4 aromatic carbocycles. The molecule has 1 aliphatic heterocycles. The minimum absolute atomic E-state index is 0.0696. The topological polar surface area (TPSA) is 90.1 Å². The molecule has 0 fully saturated rings. The molecule has 1 aliphatic rings. The first-order valence-corrected chi connectivity index (χ1v) is 13.7. The first-order valence-electron chi connectivity index (χ1n) is 12.9. The van der Waals surface area contributed by atoms with Crippen LogP contribution in [0.5, 0.6) is 11.5 Å². The Labute approximate surface area is 233 Å². The quantitative estimate of drug-likeness (QED) is 0.317. The molecule has 8 heteroatoms. The van der Waals surface area contributed by atoms with Crippen LogP contribution in [0.25, 0.3) is 27.6 Å². The van der Waals surface area contributed by atoms with Crippen molar-refractivity contribution in [3.63, 3.8) is 0 Å². The van der Waals surface area contributed by atoms with E-state index in [2.05, 4.69) is 4.99 Å². The summed E-state index contributed by atoms with van der Waals surface area (Å²) in [6.45, 7) is 3.68. The predicted molar refractivity (Wildman–Crippen MR) is 157 cm³/mol. The fourth-order valence-corrected chi connectivity index (χ4v) is 6.40. The van der Waals surface area contributed by atoms with Crippen LogP contribution < -0.4 is 19.6 Å². The first-order chi connectivity index (χ1) is 19.4. The molecule has 40 heavy (non-hydrogen) atoms. The summed E-state index contributed by atoms with van der Waals surface area (Å²) in [6, 6.07) is 21.9. The molecule has 1 N–H and O–H groups in total. The van der Waals surface area contributed by atoms with E-state index in [0.717, 1.165) is 21.5 Å². The number of carbonyl (C=O) groups excluding carboxylic acids is 1. The van der Waals surface area contributed by atoms with Gasteiger partial charge in [-0.1, -0.05) is 72.0 Å². The number of rotatable bonds is 5. The number of fused-ring (bicyclic) bond motifs is 3. The summed E-state index contributed by atoms with van der Waals surface area (Å²) < 4.78 is 13.2. The highest BCUT2D eigenvalue weighted by molar-refractivity contribution is 7.07. The third kappa shape index (κ3) is 4.08. The normalized spacial score (nSPS) is 15.3. The lowest BCUT2D eigenvalue weighted by Crippen LogP contribution is -2.40. The van der Waals surface area contributed by atoms with Gasteiger partial charge in [0.25, 0.3) is 5.56 Å². The van der Waals surface area contributed by atoms with E-state index in [1.54, 1.807) is 37.7 Å². The molecule has 7 nitrogen and oxygen atoms in total. The monoisotopic (exact) mass is 550 g/mol. The van der Waals surface area contributed by atoms with Crippen molar-refractivity contribution in [3.8, 4) is 11.5 Å². The first kappa shape index (κ1) is 25.6. The second-order valence-electron chi connectivity index (χ2n) is 9.42. The number of thiazole rings is 1. The Kier molecular flexibility index (Phi) is 6.48. The molecule has 2 heterocycles. The summed E-state index contributed by atoms with van der Waals surface area (Å²) in [5.41, 5.74) is 1.65. The molecule has 0 amide bonds. The minimum atomic E-state index is -0.834. The van der Waals surface area contributed by atoms with Gasteiger partial charge in [-0.2, -0.15) is 0 Å². The zero-order valence-corrected chi connectivity index (χ0v) is 23.0. The number of aromatic hydroxyl groups is 1. The maximum absolute atomic E-state index is 14.2. The zero-order chi connectivity index (χ0) is 28.0. The van der Waals surface area contributed by atoms with E-state index in [-0.39, 0.29) is 23.5 Å². The summed E-state index contributed by atoms with van der Waals surface area (Å²) in [6.07, 6.45) is 1.70. The molecule has 6 rings (SSSR count). The van der Waals surface area contributed by atoms with Crippen LogP contribution in [0.2, 0.25) is 0 Å². The number of methoxy groups -OCH3 is 1. The SMILES string of the molecule is CCOC(=O)C1=C(C)N=c2s/c(=C\c3c(O)ccc4ccccc34)c(=O)n2[C@H]1c1c(OC)ccc2ccccc12. The molecular weight excluding hydrogens is 524 g/mol. The number of nitrogens with zero attached hydrogens (tertiary/aromatic N) is 2. The highest BCUT2D eigenvalue weighted by Gasteiger charge is 2.36. The van der Waals surface area contributed by atoms with E-state index in [4.69, 9.17) is 9.47 Å². The summed E-state index contributed by atoms with van der Waals surface area (Å²) in [5, 5.41) is 14.3. The van der Waals surface area contributed by atoms with Crippen molar-refractivity contribution in [1.29, 1.82) is 0 Å². The number of hydrogen-bond donors (Lipinski definition) is 1. The molecular formula is C32H26N2O5S.